The first kappa shape index (κ1) is 13.1. The van der Waals surface area contributed by atoms with Crippen LogP contribution in [0.5, 0.6) is 5.75 Å². The molecule has 0 radical (unpaired) electrons. The number of ether oxygens (including phenoxy) is 1. The molecule has 18 heavy (non-hydrogen) atoms. The average molecular weight is 262 g/mol. The number of hydrogen-bond acceptors (Lipinski definition) is 4. The molecule has 3 nitrogen and oxygen atoms in total. The maximum atomic E-state index is 5.57. The molecule has 1 aromatic heterocycles. The Morgan fingerprint density at radius 2 is 2.11 bits per heavy atom. The highest BCUT2D eigenvalue weighted by atomic mass is 32.1. The molecule has 0 aliphatic carbocycles. The topological polar surface area (TPSA) is 34.2 Å². The second kappa shape index (κ2) is 5.50. The van der Waals surface area contributed by atoms with Crippen LogP contribution in [0.15, 0.2) is 23.0 Å². The minimum Gasteiger partial charge on any atom is -0.496 e. The zero-order chi connectivity index (χ0) is 13.1. The van der Waals surface area contributed by atoms with Gasteiger partial charge < -0.3 is 10.1 Å². The number of methoxy groups -OCH3 is 1. The summed E-state index contributed by atoms with van der Waals surface area (Å²) in [5.41, 5.74) is 6.44. The van der Waals surface area contributed by atoms with E-state index in [2.05, 4.69) is 41.7 Å². The number of aryl methyl sites for hydroxylation is 1. The molecule has 0 aliphatic rings. The molecule has 96 valence electrons. The molecule has 0 bridgehead atoms. The van der Waals surface area contributed by atoms with Crippen LogP contribution >= 0.6 is 11.3 Å². The fraction of sp³-hybridized carbons (Fsp3) is 0.357. The van der Waals surface area contributed by atoms with Crippen LogP contribution in [-0.4, -0.2) is 19.1 Å². The highest BCUT2D eigenvalue weighted by Gasteiger charge is 2.20. The van der Waals surface area contributed by atoms with Gasteiger partial charge in [-0.2, -0.15) is 0 Å². The molecule has 0 saturated heterocycles. The van der Waals surface area contributed by atoms with Crippen LogP contribution in [0, 0.1) is 13.8 Å². The largest absolute Gasteiger partial charge is 0.496 e. The Balaban J connectivity index is 2.52. The van der Waals surface area contributed by atoms with Gasteiger partial charge in [0.15, 0.2) is 0 Å². The van der Waals surface area contributed by atoms with Gasteiger partial charge in [-0.1, -0.05) is 12.1 Å². The van der Waals surface area contributed by atoms with Crippen molar-refractivity contribution in [3.8, 4) is 5.75 Å². The predicted molar refractivity (Wildman–Crippen MR) is 75.5 cm³/mol. The molecule has 2 aromatic rings. The van der Waals surface area contributed by atoms with Gasteiger partial charge in [0, 0.05) is 10.9 Å². The average Bonchev–Trinajstić information content (AvgIpc) is 2.89. The molecule has 4 heteroatoms. The maximum Gasteiger partial charge on any atom is 0.127 e. The van der Waals surface area contributed by atoms with Crippen molar-refractivity contribution < 1.29 is 4.74 Å². The van der Waals surface area contributed by atoms with E-state index in [1.807, 2.05) is 12.6 Å². The van der Waals surface area contributed by atoms with Gasteiger partial charge in [-0.25, -0.2) is 4.98 Å². The van der Waals surface area contributed by atoms with Gasteiger partial charge >= 0.3 is 0 Å². The molecule has 1 atom stereocenters. The van der Waals surface area contributed by atoms with Crippen molar-refractivity contribution in [1.29, 1.82) is 0 Å². The summed E-state index contributed by atoms with van der Waals surface area (Å²) in [4.78, 5) is 4.39. The molecule has 0 saturated carbocycles. The molecule has 1 aromatic carbocycles. The quantitative estimate of drug-likeness (QED) is 0.919. The Morgan fingerprint density at radius 1 is 1.33 bits per heavy atom. The second-order valence-electron chi connectivity index (χ2n) is 4.26. The van der Waals surface area contributed by atoms with Gasteiger partial charge in [0.2, 0.25) is 0 Å². The molecule has 0 fully saturated rings. The Bertz CT molecular complexity index is 523. The zero-order valence-electron chi connectivity index (χ0n) is 11.2. The third-order valence-electron chi connectivity index (χ3n) is 3.26. The summed E-state index contributed by atoms with van der Waals surface area (Å²) in [6.45, 7) is 4.18. The molecule has 0 spiro atoms. The summed E-state index contributed by atoms with van der Waals surface area (Å²) < 4.78 is 5.57. The SMILES string of the molecule is CNC(c1cscn1)c1ccc(C)c(C)c1OC. The van der Waals surface area contributed by atoms with Crippen molar-refractivity contribution in [3.63, 3.8) is 0 Å². The summed E-state index contributed by atoms with van der Waals surface area (Å²) in [5.74, 6) is 0.947. The first-order valence-corrected chi connectivity index (χ1v) is 6.82. The van der Waals surface area contributed by atoms with Gasteiger partial charge in [-0.15, -0.1) is 11.3 Å². The fourth-order valence-electron chi connectivity index (χ4n) is 2.14. The smallest absolute Gasteiger partial charge is 0.127 e. The number of benzene rings is 1. The van der Waals surface area contributed by atoms with E-state index < -0.39 is 0 Å². The molecule has 1 unspecified atom stereocenters. The van der Waals surface area contributed by atoms with Crippen LogP contribution in [-0.2, 0) is 0 Å². The van der Waals surface area contributed by atoms with Gasteiger partial charge in [-0.05, 0) is 32.0 Å². The maximum absolute atomic E-state index is 5.57. The number of thiazole rings is 1. The lowest BCUT2D eigenvalue weighted by Crippen LogP contribution is -2.19. The lowest BCUT2D eigenvalue weighted by atomic mass is 9.97. The summed E-state index contributed by atoms with van der Waals surface area (Å²) in [7, 11) is 3.66. The normalized spacial score (nSPS) is 12.4. The Morgan fingerprint density at radius 3 is 2.67 bits per heavy atom. The van der Waals surface area contributed by atoms with Crippen LogP contribution in [0.4, 0.5) is 0 Å². The van der Waals surface area contributed by atoms with E-state index in [-0.39, 0.29) is 6.04 Å². The highest BCUT2D eigenvalue weighted by Crippen LogP contribution is 2.33. The van der Waals surface area contributed by atoms with Crippen molar-refractivity contribution in [2.75, 3.05) is 14.2 Å². The van der Waals surface area contributed by atoms with Gasteiger partial charge in [0.25, 0.3) is 0 Å². The summed E-state index contributed by atoms with van der Waals surface area (Å²) >= 11 is 1.61. The number of rotatable bonds is 4. The summed E-state index contributed by atoms with van der Waals surface area (Å²) in [6, 6.07) is 4.32. The highest BCUT2D eigenvalue weighted by molar-refractivity contribution is 7.07. The summed E-state index contributed by atoms with van der Waals surface area (Å²) in [6.07, 6.45) is 0. The van der Waals surface area contributed by atoms with Gasteiger partial charge in [-0.3, -0.25) is 0 Å². The van der Waals surface area contributed by atoms with E-state index in [1.54, 1.807) is 18.4 Å². The van der Waals surface area contributed by atoms with E-state index >= 15 is 0 Å². The lowest BCUT2D eigenvalue weighted by Gasteiger charge is -2.20. The Hall–Kier alpha value is -1.39. The van der Waals surface area contributed by atoms with Crippen LogP contribution in [0.25, 0.3) is 0 Å². The number of aromatic nitrogens is 1. The third kappa shape index (κ3) is 2.26. The van der Waals surface area contributed by atoms with Crippen LogP contribution in [0.1, 0.15) is 28.4 Å². The van der Waals surface area contributed by atoms with Crippen molar-refractivity contribution in [2.45, 2.75) is 19.9 Å². The number of nitrogens with one attached hydrogen (secondary N) is 1. The van der Waals surface area contributed by atoms with Crippen LogP contribution in [0.2, 0.25) is 0 Å². The zero-order valence-corrected chi connectivity index (χ0v) is 12.0. The third-order valence-corrected chi connectivity index (χ3v) is 3.86. The van der Waals surface area contributed by atoms with Gasteiger partial charge in [0.1, 0.15) is 5.75 Å². The molecule has 2 rings (SSSR count). The van der Waals surface area contributed by atoms with Crippen molar-refractivity contribution >= 4 is 11.3 Å². The van der Waals surface area contributed by atoms with E-state index in [9.17, 15) is 0 Å². The van der Waals surface area contributed by atoms with Crippen molar-refractivity contribution in [1.82, 2.24) is 10.3 Å². The Kier molecular flexibility index (Phi) is 3.99. The second-order valence-corrected chi connectivity index (χ2v) is 4.98. The molecular weight excluding hydrogens is 244 g/mol. The Labute approximate surface area is 112 Å². The van der Waals surface area contributed by atoms with E-state index in [4.69, 9.17) is 4.74 Å². The van der Waals surface area contributed by atoms with E-state index in [0.717, 1.165) is 17.0 Å². The van der Waals surface area contributed by atoms with E-state index in [1.165, 1.54) is 11.1 Å². The first-order valence-electron chi connectivity index (χ1n) is 5.88. The molecule has 1 N–H and O–H groups in total. The minimum absolute atomic E-state index is 0.0745. The standard InChI is InChI=1S/C14H18N2OS/c1-9-5-6-11(14(17-4)10(9)2)13(15-3)12-7-18-8-16-12/h5-8,13,15H,1-4H3. The predicted octanol–water partition coefficient (Wildman–Crippen LogP) is 3.08. The van der Waals surface area contributed by atoms with Gasteiger partial charge in [0.05, 0.1) is 24.4 Å². The number of hydrogen-bond donors (Lipinski definition) is 1. The monoisotopic (exact) mass is 262 g/mol. The molecule has 0 amide bonds. The van der Waals surface area contributed by atoms with Crippen molar-refractivity contribution in [2.24, 2.45) is 0 Å². The molecular formula is C14H18N2OS. The van der Waals surface area contributed by atoms with Crippen molar-refractivity contribution in [3.05, 3.63) is 45.4 Å². The van der Waals surface area contributed by atoms with E-state index in [0.29, 0.717) is 0 Å². The number of nitrogens with zero attached hydrogens (tertiary/aromatic N) is 1. The lowest BCUT2D eigenvalue weighted by molar-refractivity contribution is 0.401. The molecule has 0 aliphatic heterocycles. The van der Waals surface area contributed by atoms with Crippen LogP contribution < -0.4 is 10.1 Å². The first-order chi connectivity index (χ1) is 8.69. The van der Waals surface area contributed by atoms with Crippen LogP contribution in [0.3, 0.4) is 0 Å². The fourth-order valence-corrected chi connectivity index (χ4v) is 2.72. The molecule has 1 heterocycles. The minimum atomic E-state index is 0.0745. The summed E-state index contributed by atoms with van der Waals surface area (Å²) in [5, 5.41) is 5.37.